The van der Waals surface area contributed by atoms with E-state index < -0.39 is 24.3 Å². The second-order valence-corrected chi connectivity index (χ2v) is 13.5. The second-order valence-electron chi connectivity index (χ2n) is 13.5. The minimum absolute atomic E-state index is 0.175. The fourth-order valence-electron chi connectivity index (χ4n) is 4.57. The van der Waals surface area contributed by atoms with Crippen molar-refractivity contribution in [3.05, 3.63) is 60.8 Å². The Hall–Kier alpha value is -3.01. The summed E-state index contributed by atoms with van der Waals surface area (Å²) in [6.07, 6.45) is 34.4. The van der Waals surface area contributed by atoms with Gasteiger partial charge >= 0.3 is 17.9 Å². The first-order valence-corrected chi connectivity index (χ1v) is 19.0. The third kappa shape index (κ3) is 33.5. The van der Waals surface area contributed by atoms with E-state index in [9.17, 15) is 19.5 Å². The highest BCUT2D eigenvalue weighted by molar-refractivity contribution is 5.71. The summed E-state index contributed by atoms with van der Waals surface area (Å²) in [5.41, 5.74) is 0. The summed E-state index contributed by atoms with van der Waals surface area (Å²) in [6, 6.07) is 0. The molecule has 1 N–H and O–H groups in total. The Labute approximate surface area is 304 Å². The smallest absolute Gasteiger partial charge is 0.361 e. The summed E-state index contributed by atoms with van der Waals surface area (Å²) in [5, 5.41) is 9.57. The van der Waals surface area contributed by atoms with Crippen LogP contribution in [0.5, 0.6) is 0 Å². The van der Waals surface area contributed by atoms with E-state index in [0.29, 0.717) is 17.4 Å². The number of carbonyl (C=O) groups excluding carboxylic acids is 2. The quantitative estimate of drug-likeness (QED) is 0.0237. The highest BCUT2D eigenvalue weighted by atomic mass is 16.7. The van der Waals surface area contributed by atoms with Crippen LogP contribution in [-0.2, 0) is 33.3 Å². The molecule has 0 aliphatic heterocycles. The number of esters is 2. The molecule has 0 aromatic carbocycles. The maximum atomic E-state index is 12.6. The summed E-state index contributed by atoms with van der Waals surface area (Å²) >= 11 is 0. The minimum Gasteiger partial charge on any atom is -0.477 e. The topological polar surface area (TPSA) is 108 Å². The third-order valence-electron chi connectivity index (χ3n) is 7.54. The molecule has 9 heteroatoms. The van der Waals surface area contributed by atoms with Crippen molar-refractivity contribution >= 4 is 17.9 Å². The minimum atomic E-state index is -1.52. The monoisotopic (exact) mass is 705 g/mol. The molecule has 0 rings (SSSR count). The Kier molecular flexibility index (Phi) is 31.2. The van der Waals surface area contributed by atoms with Crippen LogP contribution < -0.4 is 0 Å². The van der Waals surface area contributed by atoms with Gasteiger partial charge < -0.3 is 28.5 Å². The van der Waals surface area contributed by atoms with Crippen molar-refractivity contribution in [3.63, 3.8) is 0 Å². The van der Waals surface area contributed by atoms with E-state index in [1.54, 1.807) is 0 Å². The van der Waals surface area contributed by atoms with E-state index in [-0.39, 0.29) is 38.6 Å². The van der Waals surface area contributed by atoms with Gasteiger partial charge in [0.2, 0.25) is 0 Å². The first-order chi connectivity index (χ1) is 24.1. The van der Waals surface area contributed by atoms with Crippen molar-refractivity contribution in [1.29, 1.82) is 0 Å². The highest BCUT2D eigenvalue weighted by Crippen LogP contribution is 2.11. The Bertz CT molecular complexity index is 1010. The molecule has 2 atom stereocenters. The Morgan fingerprint density at radius 1 is 0.620 bits per heavy atom. The van der Waals surface area contributed by atoms with Crippen LogP contribution >= 0.6 is 0 Å². The molecule has 0 heterocycles. The molecule has 2 unspecified atom stereocenters. The van der Waals surface area contributed by atoms with Crippen LogP contribution in [0.2, 0.25) is 0 Å². The van der Waals surface area contributed by atoms with Gasteiger partial charge in [0.05, 0.1) is 34.4 Å². The zero-order chi connectivity index (χ0) is 37.1. The van der Waals surface area contributed by atoms with E-state index in [2.05, 4.69) is 68.5 Å². The zero-order valence-corrected chi connectivity index (χ0v) is 32.0. The lowest BCUT2D eigenvalue weighted by Crippen LogP contribution is -2.40. The highest BCUT2D eigenvalue weighted by Gasteiger charge is 2.25. The van der Waals surface area contributed by atoms with Crippen molar-refractivity contribution in [2.75, 3.05) is 47.5 Å². The summed E-state index contributed by atoms with van der Waals surface area (Å²) in [5.74, 6) is -2.10. The number of ether oxygens (including phenoxy) is 4. The average molecular weight is 705 g/mol. The van der Waals surface area contributed by atoms with Gasteiger partial charge in [-0.05, 0) is 51.4 Å². The molecule has 0 aromatic rings. The summed E-state index contributed by atoms with van der Waals surface area (Å²) in [4.78, 5) is 36.8. The van der Waals surface area contributed by atoms with Crippen LogP contribution in [0.4, 0.5) is 0 Å². The van der Waals surface area contributed by atoms with Gasteiger partial charge in [0, 0.05) is 12.8 Å². The molecule has 0 aromatic heterocycles. The maximum absolute atomic E-state index is 12.6. The molecule has 0 fully saturated rings. The number of hydrogen-bond acceptors (Lipinski definition) is 7. The van der Waals surface area contributed by atoms with Crippen LogP contribution in [0.1, 0.15) is 123 Å². The zero-order valence-electron chi connectivity index (χ0n) is 32.0. The molecule has 0 radical (unpaired) electrons. The number of nitrogens with zero attached hydrogens (tertiary/aromatic N) is 1. The van der Waals surface area contributed by atoms with Gasteiger partial charge in [-0.15, -0.1) is 0 Å². The van der Waals surface area contributed by atoms with Crippen LogP contribution in [0.25, 0.3) is 0 Å². The Morgan fingerprint density at radius 3 is 1.68 bits per heavy atom. The molecule has 0 aliphatic carbocycles. The number of carboxylic acids is 1. The standard InChI is InChI=1S/C41H69NO8/c1-6-8-10-12-14-16-17-18-19-20-21-22-23-24-26-28-30-32-39(44)50-37(36-49-41(40(45)46)47-34-33-42(3,4)5)35-48-38(43)31-29-27-25-15-13-11-9-7-2/h8,10,14,16,18-19,21-22,24,26,37,41H,6-7,9,11-13,15,17,20,23,25,27-36H2,1-5H3/p+1/b10-8-,16-14-,19-18-,22-21-,26-24-. The lowest BCUT2D eigenvalue weighted by molar-refractivity contribution is -0.870. The molecule has 9 nitrogen and oxygen atoms in total. The van der Waals surface area contributed by atoms with Crippen molar-refractivity contribution in [2.24, 2.45) is 0 Å². The lowest BCUT2D eigenvalue weighted by Gasteiger charge is -2.25. The molecule has 0 amide bonds. The number of rotatable bonds is 33. The Morgan fingerprint density at radius 2 is 1.14 bits per heavy atom. The van der Waals surface area contributed by atoms with E-state index in [1.807, 2.05) is 27.2 Å². The van der Waals surface area contributed by atoms with Gasteiger partial charge in [-0.3, -0.25) is 9.59 Å². The van der Waals surface area contributed by atoms with Crippen LogP contribution in [0.3, 0.4) is 0 Å². The number of likely N-dealkylation sites (N-methyl/N-ethyl adjacent to an activating group) is 1. The number of hydrogen-bond donors (Lipinski definition) is 1. The largest absolute Gasteiger partial charge is 0.477 e. The third-order valence-corrected chi connectivity index (χ3v) is 7.54. The van der Waals surface area contributed by atoms with Crippen LogP contribution in [0.15, 0.2) is 60.8 Å². The number of aliphatic carboxylic acids is 1. The molecular weight excluding hydrogens is 634 g/mol. The van der Waals surface area contributed by atoms with Crippen LogP contribution in [0, 0.1) is 0 Å². The predicted octanol–water partition coefficient (Wildman–Crippen LogP) is 9.04. The molecule has 286 valence electrons. The fourth-order valence-corrected chi connectivity index (χ4v) is 4.57. The first kappa shape index (κ1) is 47.0. The SMILES string of the molecule is CC/C=C\C/C=C\C/C=C\C/C=C\C/C=C\CCCC(=O)OC(COC(=O)CCCCCCCCCC)COC(OCC[N+](C)(C)C)C(=O)O. The number of allylic oxidation sites excluding steroid dienone is 10. The van der Waals surface area contributed by atoms with Gasteiger partial charge in [-0.2, -0.15) is 0 Å². The van der Waals surface area contributed by atoms with Gasteiger partial charge in [0.1, 0.15) is 13.2 Å². The fraction of sp³-hybridized carbons (Fsp3) is 0.683. The number of carboxylic acid groups (broad SMARTS) is 1. The lowest BCUT2D eigenvalue weighted by atomic mass is 10.1. The summed E-state index contributed by atoms with van der Waals surface area (Å²) in [7, 11) is 5.91. The van der Waals surface area contributed by atoms with Crippen LogP contribution in [-0.4, -0.2) is 87.4 Å². The molecule has 50 heavy (non-hydrogen) atoms. The first-order valence-electron chi connectivity index (χ1n) is 19.0. The normalized spacial score (nSPS) is 13.7. The second kappa shape index (κ2) is 33.2. The van der Waals surface area contributed by atoms with Crippen molar-refractivity contribution < 1.29 is 42.9 Å². The number of quaternary nitrogens is 1. The summed E-state index contributed by atoms with van der Waals surface area (Å²) in [6.45, 7) is 4.61. The van der Waals surface area contributed by atoms with Gasteiger partial charge in [-0.25, -0.2) is 4.79 Å². The number of unbranched alkanes of at least 4 members (excludes halogenated alkanes) is 8. The van der Waals surface area contributed by atoms with Crippen molar-refractivity contribution in [2.45, 2.75) is 135 Å². The van der Waals surface area contributed by atoms with Crippen molar-refractivity contribution in [3.8, 4) is 0 Å². The van der Waals surface area contributed by atoms with E-state index in [4.69, 9.17) is 18.9 Å². The van der Waals surface area contributed by atoms with E-state index in [0.717, 1.165) is 57.8 Å². The Balaban J connectivity index is 4.64. The average Bonchev–Trinajstić information content (AvgIpc) is 3.06. The maximum Gasteiger partial charge on any atom is 0.361 e. The predicted molar refractivity (Wildman–Crippen MR) is 203 cm³/mol. The molecular formula is C41H70NO8+. The van der Waals surface area contributed by atoms with E-state index in [1.165, 1.54) is 32.1 Å². The molecule has 0 bridgehead atoms. The number of carbonyl (C=O) groups is 3. The van der Waals surface area contributed by atoms with E-state index >= 15 is 0 Å². The molecule has 0 saturated heterocycles. The van der Waals surface area contributed by atoms with Crippen molar-refractivity contribution in [1.82, 2.24) is 0 Å². The van der Waals surface area contributed by atoms with Gasteiger partial charge in [-0.1, -0.05) is 120 Å². The molecule has 0 saturated carbocycles. The molecule has 0 aliphatic rings. The summed E-state index contributed by atoms with van der Waals surface area (Å²) < 4.78 is 22.5. The van der Waals surface area contributed by atoms with Gasteiger partial charge in [0.15, 0.2) is 6.10 Å². The van der Waals surface area contributed by atoms with Gasteiger partial charge in [0.25, 0.3) is 6.29 Å². The molecule has 0 spiro atoms.